The van der Waals surface area contributed by atoms with Crippen LogP contribution in [0.3, 0.4) is 0 Å². The van der Waals surface area contributed by atoms with E-state index in [9.17, 15) is 4.21 Å². The van der Waals surface area contributed by atoms with Gasteiger partial charge in [-0.25, -0.2) is 0 Å². The average molecular weight is 241 g/mol. The van der Waals surface area contributed by atoms with Crippen LogP contribution in [-0.2, 0) is 10.8 Å². The van der Waals surface area contributed by atoms with Crippen LogP contribution < -0.4 is 10.1 Å². The van der Waals surface area contributed by atoms with Gasteiger partial charge < -0.3 is 10.1 Å². The molecule has 2 atom stereocenters. The Labute approximate surface area is 99.7 Å². The summed E-state index contributed by atoms with van der Waals surface area (Å²) in [6.45, 7) is 1.94. The van der Waals surface area contributed by atoms with E-state index in [1.807, 2.05) is 38.2 Å². The number of rotatable bonds is 6. The fraction of sp³-hybridized carbons (Fsp3) is 0.500. The minimum absolute atomic E-state index is 0.0805. The highest BCUT2D eigenvalue weighted by molar-refractivity contribution is 7.84. The van der Waals surface area contributed by atoms with Crippen LogP contribution in [-0.4, -0.2) is 29.9 Å². The van der Waals surface area contributed by atoms with Gasteiger partial charge in [-0.2, -0.15) is 0 Å². The molecule has 1 N–H and O–H groups in total. The van der Waals surface area contributed by atoms with Gasteiger partial charge in [-0.05, 0) is 13.1 Å². The zero-order chi connectivity index (χ0) is 12.0. The summed E-state index contributed by atoms with van der Waals surface area (Å²) >= 11 is 0. The maximum atomic E-state index is 11.6. The maximum Gasteiger partial charge on any atom is 0.123 e. The molecule has 0 aliphatic carbocycles. The smallest absolute Gasteiger partial charge is 0.123 e. The van der Waals surface area contributed by atoms with Crippen molar-refractivity contribution in [2.24, 2.45) is 0 Å². The van der Waals surface area contributed by atoms with Gasteiger partial charge >= 0.3 is 0 Å². The summed E-state index contributed by atoms with van der Waals surface area (Å²) in [6, 6.07) is 7.92. The monoisotopic (exact) mass is 241 g/mol. The van der Waals surface area contributed by atoms with Crippen molar-refractivity contribution in [2.75, 3.05) is 25.7 Å². The number of ether oxygens (including phenoxy) is 1. The van der Waals surface area contributed by atoms with Crippen LogP contribution in [0.1, 0.15) is 18.5 Å². The predicted molar refractivity (Wildman–Crippen MR) is 68.3 cm³/mol. The van der Waals surface area contributed by atoms with E-state index in [-0.39, 0.29) is 6.04 Å². The number of hydrogen-bond donors (Lipinski definition) is 1. The molecule has 1 aromatic rings. The summed E-state index contributed by atoms with van der Waals surface area (Å²) in [4.78, 5) is 0. The van der Waals surface area contributed by atoms with Crippen molar-refractivity contribution in [3.05, 3.63) is 29.8 Å². The minimum Gasteiger partial charge on any atom is -0.496 e. The van der Waals surface area contributed by atoms with Crippen molar-refractivity contribution in [1.82, 2.24) is 5.32 Å². The molecule has 0 bridgehead atoms. The van der Waals surface area contributed by atoms with E-state index in [1.165, 1.54) is 0 Å². The predicted octanol–water partition coefficient (Wildman–Crippen LogP) is 1.72. The summed E-state index contributed by atoms with van der Waals surface area (Å²) in [5, 5.41) is 3.19. The van der Waals surface area contributed by atoms with Gasteiger partial charge in [-0.15, -0.1) is 0 Å². The largest absolute Gasteiger partial charge is 0.496 e. The maximum absolute atomic E-state index is 11.6. The van der Waals surface area contributed by atoms with Gasteiger partial charge in [0.25, 0.3) is 0 Å². The molecule has 0 saturated carbocycles. The second-order valence-electron chi connectivity index (χ2n) is 3.48. The quantitative estimate of drug-likeness (QED) is 0.824. The Hall–Kier alpha value is -0.870. The Bertz CT molecular complexity index is 355. The van der Waals surface area contributed by atoms with Crippen molar-refractivity contribution in [3.63, 3.8) is 0 Å². The van der Waals surface area contributed by atoms with E-state index in [0.717, 1.165) is 11.3 Å². The van der Waals surface area contributed by atoms with Crippen molar-refractivity contribution >= 4 is 10.8 Å². The highest BCUT2D eigenvalue weighted by Gasteiger charge is 2.15. The molecule has 0 radical (unpaired) electrons. The fourth-order valence-electron chi connectivity index (χ4n) is 1.59. The molecule has 0 aliphatic rings. The van der Waals surface area contributed by atoms with Gasteiger partial charge in [0.1, 0.15) is 5.75 Å². The molecule has 0 amide bonds. The van der Waals surface area contributed by atoms with Crippen molar-refractivity contribution in [3.8, 4) is 5.75 Å². The first-order chi connectivity index (χ1) is 7.72. The number of hydrogen-bond acceptors (Lipinski definition) is 3. The minimum atomic E-state index is -0.786. The SMILES string of the molecule is CCS(=O)CC(NC)c1ccccc1OC. The molecule has 4 heteroatoms. The molecule has 1 aromatic carbocycles. The van der Waals surface area contributed by atoms with E-state index < -0.39 is 10.8 Å². The summed E-state index contributed by atoms with van der Waals surface area (Å²) in [6.07, 6.45) is 0. The van der Waals surface area contributed by atoms with Crippen LogP contribution >= 0.6 is 0 Å². The normalized spacial score (nSPS) is 14.4. The molecule has 3 nitrogen and oxygen atoms in total. The number of nitrogens with one attached hydrogen (secondary N) is 1. The second-order valence-corrected chi connectivity index (χ2v) is 5.27. The molecular weight excluding hydrogens is 222 g/mol. The van der Waals surface area contributed by atoms with Crippen LogP contribution in [0.25, 0.3) is 0 Å². The highest BCUT2D eigenvalue weighted by atomic mass is 32.2. The number of para-hydroxylation sites is 1. The van der Waals surface area contributed by atoms with Gasteiger partial charge in [0.2, 0.25) is 0 Å². The third-order valence-corrected chi connectivity index (χ3v) is 3.89. The second kappa shape index (κ2) is 6.66. The van der Waals surface area contributed by atoms with E-state index in [4.69, 9.17) is 4.74 Å². The molecule has 0 heterocycles. The zero-order valence-corrected chi connectivity index (χ0v) is 10.8. The van der Waals surface area contributed by atoms with Crippen LogP contribution in [0, 0.1) is 0 Å². The lowest BCUT2D eigenvalue weighted by Crippen LogP contribution is -2.23. The van der Waals surface area contributed by atoms with Gasteiger partial charge in [0.05, 0.1) is 7.11 Å². The van der Waals surface area contributed by atoms with E-state index in [2.05, 4.69) is 5.32 Å². The first-order valence-corrected chi connectivity index (χ1v) is 6.86. The lowest BCUT2D eigenvalue weighted by atomic mass is 10.1. The first kappa shape index (κ1) is 13.2. The molecule has 0 aliphatic heterocycles. The first-order valence-electron chi connectivity index (χ1n) is 5.38. The Kier molecular flexibility index (Phi) is 5.49. The van der Waals surface area contributed by atoms with Gasteiger partial charge in [0, 0.05) is 33.9 Å². The molecule has 16 heavy (non-hydrogen) atoms. The average Bonchev–Trinajstić information content (AvgIpc) is 2.35. The molecule has 0 fully saturated rings. The third kappa shape index (κ3) is 3.32. The van der Waals surface area contributed by atoms with Gasteiger partial charge in [-0.3, -0.25) is 4.21 Å². The standard InChI is InChI=1S/C12H19NO2S/c1-4-16(14)9-11(13-2)10-7-5-6-8-12(10)15-3/h5-8,11,13H,4,9H2,1-3H3. The van der Waals surface area contributed by atoms with E-state index >= 15 is 0 Å². The van der Waals surface area contributed by atoms with Gasteiger partial charge in [0.15, 0.2) is 0 Å². The van der Waals surface area contributed by atoms with Crippen LogP contribution in [0.4, 0.5) is 0 Å². The molecule has 90 valence electrons. The molecule has 0 spiro atoms. The summed E-state index contributed by atoms with van der Waals surface area (Å²) in [5.74, 6) is 2.15. The summed E-state index contributed by atoms with van der Waals surface area (Å²) in [7, 11) is 2.75. The van der Waals surface area contributed by atoms with Crippen LogP contribution in [0.15, 0.2) is 24.3 Å². The zero-order valence-electron chi connectivity index (χ0n) is 10.0. The van der Waals surface area contributed by atoms with Crippen molar-refractivity contribution in [1.29, 1.82) is 0 Å². The van der Waals surface area contributed by atoms with Crippen molar-refractivity contribution in [2.45, 2.75) is 13.0 Å². The lowest BCUT2D eigenvalue weighted by Gasteiger charge is -2.18. The van der Waals surface area contributed by atoms with Crippen LogP contribution in [0.5, 0.6) is 5.75 Å². The Morgan fingerprint density at radius 1 is 1.44 bits per heavy atom. The Morgan fingerprint density at radius 3 is 2.69 bits per heavy atom. The summed E-state index contributed by atoms with van der Waals surface area (Å²) in [5.41, 5.74) is 1.06. The lowest BCUT2D eigenvalue weighted by molar-refractivity contribution is 0.404. The van der Waals surface area contributed by atoms with E-state index in [0.29, 0.717) is 11.5 Å². The molecule has 0 aromatic heterocycles. The molecular formula is C12H19NO2S. The number of benzene rings is 1. The Balaban J connectivity index is 2.89. The topological polar surface area (TPSA) is 38.3 Å². The molecule has 2 unspecified atom stereocenters. The summed E-state index contributed by atoms with van der Waals surface area (Å²) < 4.78 is 16.9. The highest BCUT2D eigenvalue weighted by Crippen LogP contribution is 2.25. The number of methoxy groups -OCH3 is 1. The fourth-order valence-corrected chi connectivity index (χ4v) is 2.54. The molecule has 0 saturated heterocycles. The van der Waals surface area contributed by atoms with Crippen LogP contribution in [0.2, 0.25) is 0 Å². The Morgan fingerprint density at radius 2 is 2.12 bits per heavy atom. The van der Waals surface area contributed by atoms with E-state index in [1.54, 1.807) is 7.11 Å². The van der Waals surface area contributed by atoms with Gasteiger partial charge in [-0.1, -0.05) is 25.1 Å². The molecule has 1 rings (SSSR count). The third-order valence-electron chi connectivity index (χ3n) is 2.54. The van der Waals surface area contributed by atoms with Crippen molar-refractivity contribution < 1.29 is 8.95 Å².